The number of nitrogens with one attached hydrogen (secondary N) is 1. The summed E-state index contributed by atoms with van der Waals surface area (Å²) in [6.45, 7) is 2.06. The zero-order valence-electron chi connectivity index (χ0n) is 12.0. The maximum atomic E-state index is 12.2. The molecular formula is C16H23ClN2O. The van der Waals surface area contributed by atoms with Gasteiger partial charge in [0.1, 0.15) is 0 Å². The lowest BCUT2D eigenvalue weighted by atomic mass is 9.94. The van der Waals surface area contributed by atoms with Gasteiger partial charge < -0.3 is 11.1 Å². The third-order valence-electron chi connectivity index (χ3n) is 4.11. The third-order valence-corrected chi connectivity index (χ3v) is 4.34. The predicted molar refractivity (Wildman–Crippen MR) is 82.6 cm³/mol. The van der Waals surface area contributed by atoms with Gasteiger partial charge in [0, 0.05) is 17.0 Å². The van der Waals surface area contributed by atoms with E-state index in [0.717, 1.165) is 37.7 Å². The van der Waals surface area contributed by atoms with Gasteiger partial charge in [0.15, 0.2) is 0 Å². The van der Waals surface area contributed by atoms with Crippen LogP contribution in [0.4, 0.5) is 0 Å². The molecule has 1 atom stereocenters. The summed E-state index contributed by atoms with van der Waals surface area (Å²) in [5.74, 6) is 0.0428. The second kappa shape index (κ2) is 6.59. The van der Waals surface area contributed by atoms with Gasteiger partial charge in [-0.05, 0) is 37.0 Å². The quantitative estimate of drug-likeness (QED) is 0.872. The van der Waals surface area contributed by atoms with Crippen LogP contribution < -0.4 is 11.1 Å². The average molecular weight is 295 g/mol. The van der Waals surface area contributed by atoms with E-state index < -0.39 is 0 Å². The maximum absolute atomic E-state index is 12.2. The Kier molecular flexibility index (Phi) is 5.06. The van der Waals surface area contributed by atoms with Gasteiger partial charge in [0.25, 0.3) is 0 Å². The summed E-state index contributed by atoms with van der Waals surface area (Å²) in [7, 11) is 0. The van der Waals surface area contributed by atoms with Crippen LogP contribution >= 0.6 is 11.6 Å². The number of carbonyl (C=O) groups is 1. The summed E-state index contributed by atoms with van der Waals surface area (Å²) >= 11 is 6.01. The van der Waals surface area contributed by atoms with Gasteiger partial charge in [-0.2, -0.15) is 0 Å². The van der Waals surface area contributed by atoms with Crippen LogP contribution in [-0.2, 0) is 4.79 Å². The fourth-order valence-corrected chi connectivity index (χ4v) is 3.16. The van der Waals surface area contributed by atoms with Gasteiger partial charge in [0.2, 0.25) is 5.91 Å². The number of hydrogen-bond acceptors (Lipinski definition) is 2. The van der Waals surface area contributed by atoms with Gasteiger partial charge in [-0.15, -0.1) is 0 Å². The molecule has 3 N–H and O–H groups in total. The van der Waals surface area contributed by atoms with Crippen LogP contribution in [-0.4, -0.2) is 11.4 Å². The van der Waals surface area contributed by atoms with E-state index in [1.165, 1.54) is 0 Å². The Hall–Kier alpha value is -1.06. The molecule has 1 aromatic carbocycles. The van der Waals surface area contributed by atoms with E-state index in [0.29, 0.717) is 11.4 Å². The number of benzene rings is 1. The Morgan fingerprint density at radius 2 is 2.15 bits per heavy atom. The van der Waals surface area contributed by atoms with Crippen LogP contribution in [0.1, 0.15) is 57.1 Å². The lowest BCUT2D eigenvalue weighted by Gasteiger charge is -2.25. The summed E-state index contributed by atoms with van der Waals surface area (Å²) in [5.41, 5.74) is 7.01. The molecule has 3 nitrogen and oxygen atoms in total. The molecule has 2 rings (SSSR count). The highest BCUT2D eigenvalue weighted by Crippen LogP contribution is 2.30. The smallest absolute Gasteiger partial charge is 0.222 e. The normalized spacial score (nSPS) is 18.8. The summed E-state index contributed by atoms with van der Waals surface area (Å²) in [4.78, 5) is 12.2. The molecule has 1 aromatic rings. The number of carbonyl (C=O) groups excluding carboxylic acids is 1. The highest BCUT2D eigenvalue weighted by molar-refractivity contribution is 6.30. The van der Waals surface area contributed by atoms with Gasteiger partial charge in [-0.1, -0.05) is 43.5 Å². The molecule has 0 radical (unpaired) electrons. The SMILES string of the molecule is CCC(NC(=O)CC1(N)CCCC1)c1cccc(Cl)c1. The first-order valence-electron chi connectivity index (χ1n) is 7.36. The predicted octanol–water partition coefficient (Wildman–Crippen LogP) is 3.57. The van der Waals surface area contributed by atoms with Crippen molar-refractivity contribution in [2.45, 2.75) is 57.0 Å². The Balaban J connectivity index is 1.97. The summed E-state index contributed by atoms with van der Waals surface area (Å²) in [6, 6.07) is 7.66. The van der Waals surface area contributed by atoms with Crippen LogP contribution in [0.25, 0.3) is 0 Å². The van der Waals surface area contributed by atoms with E-state index in [1.54, 1.807) is 0 Å². The minimum atomic E-state index is -0.295. The van der Waals surface area contributed by atoms with Crippen molar-refractivity contribution in [3.8, 4) is 0 Å². The van der Waals surface area contributed by atoms with Crippen molar-refractivity contribution in [2.75, 3.05) is 0 Å². The molecule has 0 aromatic heterocycles. The minimum absolute atomic E-state index is 0.00574. The lowest BCUT2D eigenvalue weighted by Crippen LogP contribution is -2.42. The molecule has 4 heteroatoms. The van der Waals surface area contributed by atoms with Crippen LogP contribution in [0.2, 0.25) is 5.02 Å². The molecule has 1 aliphatic rings. The molecule has 1 aliphatic carbocycles. The number of nitrogens with two attached hydrogens (primary N) is 1. The van der Waals surface area contributed by atoms with E-state index >= 15 is 0 Å². The second-order valence-corrected chi connectivity index (χ2v) is 6.27. The standard InChI is InChI=1S/C16H23ClN2O/c1-2-14(12-6-5-7-13(17)10-12)19-15(20)11-16(18)8-3-4-9-16/h5-7,10,14H,2-4,8-9,11,18H2,1H3,(H,19,20). The molecule has 0 saturated heterocycles. The zero-order valence-corrected chi connectivity index (χ0v) is 12.7. The summed E-state index contributed by atoms with van der Waals surface area (Å²) < 4.78 is 0. The molecular weight excluding hydrogens is 272 g/mol. The first-order chi connectivity index (χ1) is 9.52. The number of amides is 1. The fraction of sp³-hybridized carbons (Fsp3) is 0.562. The Labute approximate surface area is 125 Å². The molecule has 0 heterocycles. The van der Waals surface area contributed by atoms with Crippen LogP contribution in [0.5, 0.6) is 0 Å². The van der Waals surface area contributed by atoms with Gasteiger partial charge in [-0.3, -0.25) is 4.79 Å². The zero-order chi connectivity index (χ0) is 14.6. The molecule has 1 fully saturated rings. The number of hydrogen-bond donors (Lipinski definition) is 2. The van der Waals surface area contributed by atoms with Crippen molar-refractivity contribution < 1.29 is 4.79 Å². The molecule has 0 bridgehead atoms. The average Bonchev–Trinajstić information content (AvgIpc) is 2.82. The largest absolute Gasteiger partial charge is 0.349 e. The topological polar surface area (TPSA) is 55.1 Å². The fourth-order valence-electron chi connectivity index (χ4n) is 2.97. The summed E-state index contributed by atoms with van der Waals surface area (Å²) in [5, 5.41) is 3.78. The van der Waals surface area contributed by atoms with Crippen molar-refractivity contribution in [1.29, 1.82) is 0 Å². The van der Waals surface area contributed by atoms with E-state index in [2.05, 4.69) is 12.2 Å². The van der Waals surface area contributed by atoms with E-state index in [1.807, 2.05) is 24.3 Å². The van der Waals surface area contributed by atoms with Crippen LogP contribution in [0.3, 0.4) is 0 Å². The highest BCUT2D eigenvalue weighted by Gasteiger charge is 2.32. The minimum Gasteiger partial charge on any atom is -0.349 e. The summed E-state index contributed by atoms with van der Waals surface area (Å²) in [6.07, 6.45) is 5.43. The maximum Gasteiger partial charge on any atom is 0.222 e. The third kappa shape index (κ3) is 3.97. The van der Waals surface area contributed by atoms with Crippen molar-refractivity contribution in [1.82, 2.24) is 5.32 Å². The Morgan fingerprint density at radius 3 is 2.75 bits per heavy atom. The van der Waals surface area contributed by atoms with Gasteiger partial charge in [-0.25, -0.2) is 0 Å². The van der Waals surface area contributed by atoms with Gasteiger partial charge in [0.05, 0.1) is 6.04 Å². The van der Waals surface area contributed by atoms with E-state index in [-0.39, 0.29) is 17.5 Å². The van der Waals surface area contributed by atoms with Crippen molar-refractivity contribution in [3.63, 3.8) is 0 Å². The number of rotatable bonds is 5. The lowest BCUT2D eigenvalue weighted by molar-refractivity contribution is -0.123. The molecule has 1 unspecified atom stereocenters. The highest BCUT2D eigenvalue weighted by atomic mass is 35.5. The molecule has 0 aliphatic heterocycles. The van der Waals surface area contributed by atoms with Gasteiger partial charge >= 0.3 is 0 Å². The Bertz CT molecular complexity index is 469. The Morgan fingerprint density at radius 1 is 1.45 bits per heavy atom. The van der Waals surface area contributed by atoms with Crippen molar-refractivity contribution in [3.05, 3.63) is 34.9 Å². The molecule has 0 spiro atoms. The monoisotopic (exact) mass is 294 g/mol. The first-order valence-corrected chi connectivity index (χ1v) is 7.74. The van der Waals surface area contributed by atoms with E-state index in [9.17, 15) is 4.79 Å². The molecule has 20 heavy (non-hydrogen) atoms. The van der Waals surface area contributed by atoms with Crippen LogP contribution in [0.15, 0.2) is 24.3 Å². The molecule has 110 valence electrons. The second-order valence-electron chi connectivity index (χ2n) is 5.83. The van der Waals surface area contributed by atoms with Crippen molar-refractivity contribution in [2.24, 2.45) is 5.73 Å². The number of halogens is 1. The molecule has 1 saturated carbocycles. The first kappa shape index (κ1) is 15.3. The van der Waals surface area contributed by atoms with Crippen LogP contribution in [0, 0.1) is 0 Å². The van der Waals surface area contributed by atoms with Crippen molar-refractivity contribution >= 4 is 17.5 Å². The molecule has 1 amide bonds. The van der Waals surface area contributed by atoms with E-state index in [4.69, 9.17) is 17.3 Å².